The molecule has 3 nitrogen and oxygen atoms in total. The summed E-state index contributed by atoms with van der Waals surface area (Å²) in [4.78, 5) is 2.93. The number of aliphatic hydroxyl groups excluding tert-OH is 1. The topological polar surface area (TPSA) is 41.0 Å². The summed E-state index contributed by atoms with van der Waals surface area (Å²) in [6.45, 7) is 0. The SMILES string of the molecule is OC1CCCCCC1n1c(=S)[nH]c2c(F)cccc21. The second-order valence-electron chi connectivity index (χ2n) is 5.21. The highest BCUT2D eigenvalue weighted by Crippen LogP contribution is 2.31. The summed E-state index contributed by atoms with van der Waals surface area (Å²) in [5, 5.41) is 10.3. The van der Waals surface area contributed by atoms with Crippen LogP contribution in [0.25, 0.3) is 11.0 Å². The Morgan fingerprint density at radius 1 is 1.26 bits per heavy atom. The van der Waals surface area contributed by atoms with Crippen LogP contribution in [-0.4, -0.2) is 20.8 Å². The maximum absolute atomic E-state index is 13.8. The van der Waals surface area contributed by atoms with Gasteiger partial charge in [0.2, 0.25) is 0 Å². The summed E-state index contributed by atoms with van der Waals surface area (Å²) in [5.74, 6) is -0.300. The number of aromatic nitrogens is 2. The van der Waals surface area contributed by atoms with E-state index in [1.54, 1.807) is 6.07 Å². The number of fused-ring (bicyclic) bond motifs is 1. The fourth-order valence-corrected chi connectivity index (χ4v) is 3.35. The van der Waals surface area contributed by atoms with Gasteiger partial charge in [-0.15, -0.1) is 0 Å². The number of hydrogen-bond donors (Lipinski definition) is 2. The summed E-state index contributed by atoms with van der Waals surface area (Å²) in [6.07, 6.45) is 4.52. The van der Waals surface area contributed by atoms with Gasteiger partial charge in [0.1, 0.15) is 11.3 Å². The molecule has 1 aliphatic rings. The van der Waals surface area contributed by atoms with Gasteiger partial charge < -0.3 is 14.7 Å². The van der Waals surface area contributed by atoms with Crippen molar-refractivity contribution in [3.8, 4) is 0 Å². The lowest BCUT2D eigenvalue weighted by atomic mass is 10.1. The van der Waals surface area contributed by atoms with Crippen LogP contribution < -0.4 is 0 Å². The van der Waals surface area contributed by atoms with Crippen LogP contribution >= 0.6 is 12.2 Å². The molecule has 102 valence electrons. The van der Waals surface area contributed by atoms with Gasteiger partial charge in [-0.1, -0.05) is 25.3 Å². The molecule has 5 heteroatoms. The van der Waals surface area contributed by atoms with Crippen molar-refractivity contribution in [2.24, 2.45) is 0 Å². The molecule has 1 fully saturated rings. The van der Waals surface area contributed by atoms with Crippen molar-refractivity contribution in [2.45, 2.75) is 44.2 Å². The maximum Gasteiger partial charge on any atom is 0.178 e. The Morgan fingerprint density at radius 2 is 2.05 bits per heavy atom. The quantitative estimate of drug-likeness (QED) is 0.617. The van der Waals surface area contributed by atoms with E-state index in [0.29, 0.717) is 10.3 Å². The molecule has 0 bridgehead atoms. The number of H-pyrrole nitrogens is 1. The first-order valence-corrected chi connectivity index (χ1v) is 7.16. The second kappa shape index (κ2) is 5.06. The van der Waals surface area contributed by atoms with E-state index in [-0.39, 0.29) is 11.9 Å². The number of nitrogens with one attached hydrogen (secondary N) is 1. The lowest BCUT2D eigenvalue weighted by Crippen LogP contribution is -2.23. The van der Waals surface area contributed by atoms with Crippen LogP contribution in [0.1, 0.15) is 38.1 Å². The molecule has 2 atom stereocenters. The zero-order valence-electron chi connectivity index (χ0n) is 10.6. The van der Waals surface area contributed by atoms with E-state index < -0.39 is 6.10 Å². The van der Waals surface area contributed by atoms with Gasteiger partial charge in [0, 0.05) is 0 Å². The molecular formula is C14H17FN2OS. The van der Waals surface area contributed by atoms with Crippen LogP contribution in [0.3, 0.4) is 0 Å². The fourth-order valence-electron chi connectivity index (χ4n) is 3.01. The van der Waals surface area contributed by atoms with Crippen molar-refractivity contribution < 1.29 is 9.50 Å². The first kappa shape index (κ1) is 12.8. The smallest absolute Gasteiger partial charge is 0.178 e. The molecule has 0 spiro atoms. The molecule has 2 aromatic rings. The van der Waals surface area contributed by atoms with Gasteiger partial charge in [0.25, 0.3) is 0 Å². The Balaban J connectivity index is 2.16. The zero-order valence-corrected chi connectivity index (χ0v) is 11.4. The zero-order chi connectivity index (χ0) is 13.4. The molecule has 0 radical (unpaired) electrons. The van der Waals surface area contributed by atoms with Crippen molar-refractivity contribution in [1.82, 2.24) is 9.55 Å². The summed E-state index contributed by atoms with van der Waals surface area (Å²) in [5.41, 5.74) is 1.18. The van der Waals surface area contributed by atoms with Crippen LogP contribution in [0.4, 0.5) is 4.39 Å². The Morgan fingerprint density at radius 3 is 2.89 bits per heavy atom. The predicted octanol–water partition coefficient (Wildman–Crippen LogP) is 3.70. The van der Waals surface area contributed by atoms with E-state index in [9.17, 15) is 9.50 Å². The highest BCUT2D eigenvalue weighted by atomic mass is 32.1. The molecule has 1 saturated carbocycles. The minimum atomic E-state index is -0.406. The van der Waals surface area contributed by atoms with Crippen molar-refractivity contribution in [3.05, 3.63) is 28.8 Å². The summed E-state index contributed by atoms with van der Waals surface area (Å²) in [7, 11) is 0. The van der Waals surface area contributed by atoms with Crippen molar-refractivity contribution in [3.63, 3.8) is 0 Å². The largest absolute Gasteiger partial charge is 0.391 e. The van der Waals surface area contributed by atoms with Crippen molar-refractivity contribution in [2.75, 3.05) is 0 Å². The molecular weight excluding hydrogens is 263 g/mol. The lowest BCUT2D eigenvalue weighted by Gasteiger charge is -2.22. The third-order valence-electron chi connectivity index (χ3n) is 3.98. The van der Waals surface area contributed by atoms with E-state index in [2.05, 4.69) is 4.98 Å². The Bertz CT molecular complexity index is 648. The third-order valence-corrected chi connectivity index (χ3v) is 4.28. The van der Waals surface area contributed by atoms with Crippen molar-refractivity contribution in [1.29, 1.82) is 0 Å². The standard InChI is InChI=1S/C14H17FN2OS/c15-9-5-4-7-11-13(9)16-14(19)17(11)10-6-2-1-3-8-12(10)18/h4-5,7,10,12,18H,1-3,6,8H2,(H,16,19). The van der Waals surface area contributed by atoms with Gasteiger partial charge in [-0.2, -0.15) is 0 Å². The van der Waals surface area contributed by atoms with E-state index >= 15 is 0 Å². The predicted molar refractivity (Wildman–Crippen MR) is 75.2 cm³/mol. The van der Waals surface area contributed by atoms with E-state index in [1.807, 2.05) is 10.6 Å². The Hall–Kier alpha value is -1.20. The minimum Gasteiger partial charge on any atom is -0.391 e. The van der Waals surface area contributed by atoms with Gasteiger partial charge >= 0.3 is 0 Å². The van der Waals surface area contributed by atoms with Crippen LogP contribution in [0, 0.1) is 10.6 Å². The number of rotatable bonds is 1. The number of aromatic amines is 1. The Kier molecular flexibility index (Phi) is 3.41. The molecule has 0 saturated heterocycles. The molecule has 19 heavy (non-hydrogen) atoms. The van der Waals surface area contributed by atoms with E-state index in [1.165, 1.54) is 6.07 Å². The molecule has 2 N–H and O–H groups in total. The van der Waals surface area contributed by atoms with E-state index in [4.69, 9.17) is 12.2 Å². The van der Waals surface area contributed by atoms with E-state index in [0.717, 1.165) is 37.6 Å². The molecule has 1 aromatic carbocycles. The highest BCUT2D eigenvalue weighted by molar-refractivity contribution is 7.71. The average molecular weight is 280 g/mol. The third kappa shape index (κ3) is 2.21. The average Bonchev–Trinajstić information content (AvgIpc) is 2.57. The van der Waals surface area contributed by atoms with Crippen molar-refractivity contribution >= 4 is 23.3 Å². The maximum atomic E-state index is 13.8. The molecule has 0 amide bonds. The minimum absolute atomic E-state index is 0.0504. The Labute approximate surface area is 116 Å². The van der Waals surface area contributed by atoms with Gasteiger partial charge in [0.15, 0.2) is 4.77 Å². The number of halogens is 1. The van der Waals surface area contributed by atoms with Gasteiger partial charge in [0.05, 0.1) is 17.7 Å². The number of aliphatic hydroxyl groups is 1. The molecule has 1 heterocycles. The van der Waals surface area contributed by atoms with Gasteiger partial charge in [-0.25, -0.2) is 4.39 Å². The second-order valence-corrected chi connectivity index (χ2v) is 5.59. The highest BCUT2D eigenvalue weighted by Gasteiger charge is 2.25. The van der Waals surface area contributed by atoms with Crippen LogP contribution in [0.5, 0.6) is 0 Å². The van der Waals surface area contributed by atoms with Crippen LogP contribution in [0.2, 0.25) is 0 Å². The van der Waals surface area contributed by atoms with Gasteiger partial charge in [-0.05, 0) is 37.2 Å². The van der Waals surface area contributed by atoms with Gasteiger partial charge in [-0.3, -0.25) is 0 Å². The normalized spacial score (nSPS) is 24.5. The molecule has 0 aliphatic heterocycles. The monoisotopic (exact) mass is 280 g/mol. The fraction of sp³-hybridized carbons (Fsp3) is 0.500. The summed E-state index contributed by atoms with van der Waals surface area (Å²) in [6, 6.07) is 4.90. The number of para-hydroxylation sites is 1. The molecule has 3 rings (SSSR count). The molecule has 1 aromatic heterocycles. The van der Waals surface area contributed by atoms with Crippen LogP contribution in [-0.2, 0) is 0 Å². The number of nitrogens with zero attached hydrogens (tertiary/aromatic N) is 1. The number of hydrogen-bond acceptors (Lipinski definition) is 2. The van der Waals surface area contributed by atoms with Crippen LogP contribution in [0.15, 0.2) is 18.2 Å². The lowest BCUT2D eigenvalue weighted by molar-refractivity contribution is 0.107. The first-order valence-electron chi connectivity index (χ1n) is 6.75. The summed E-state index contributed by atoms with van der Waals surface area (Å²) < 4.78 is 16.2. The molecule has 2 unspecified atom stereocenters. The number of imidazole rings is 1. The first-order chi connectivity index (χ1) is 9.18. The number of benzene rings is 1. The summed E-state index contributed by atoms with van der Waals surface area (Å²) >= 11 is 5.32. The molecule has 1 aliphatic carbocycles.